The van der Waals surface area contributed by atoms with Crippen LogP contribution in [0.4, 0.5) is 5.69 Å². The highest BCUT2D eigenvalue weighted by molar-refractivity contribution is 5.92. The van der Waals surface area contributed by atoms with E-state index in [-0.39, 0.29) is 24.9 Å². The fourth-order valence-electron chi connectivity index (χ4n) is 2.94. The highest BCUT2D eigenvalue weighted by atomic mass is 16.5. The molecule has 0 aliphatic carbocycles. The highest BCUT2D eigenvalue weighted by Gasteiger charge is 2.18. The van der Waals surface area contributed by atoms with E-state index in [1.54, 1.807) is 19.1 Å². The predicted octanol–water partition coefficient (Wildman–Crippen LogP) is 1.42. The maximum Gasteiger partial charge on any atom is 0.279 e. The van der Waals surface area contributed by atoms with Crippen molar-refractivity contribution < 1.29 is 19.2 Å². The van der Waals surface area contributed by atoms with Crippen LogP contribution in [0.25, 0.3) is 0 Å². The third-order valence-electron chi connectivity index (χ3n) is 4.77. The summed E-state index contributed by atoms with van der Waals surface area (Å²) in [5.41, 5.74) is 4.01. The maximum absolute atomic E-state index is 12.5. The number of nitrogens with zero attached hydrogens (tertiary/aromatic N) is 1. The smallest absolute Gasteiger partial charge is 0.279 e. The first-order chi connectivity index (χ1) is 13.3. The summed E-state index contributed by atoms with van der Waals surface area (Å²) in [5, 5.41) is 2.94. The van der Waals surface area contributed by atoms with E-state index < -0.39 is 0 Å². The number of hydrogen-bond acceptors (Lipinski definition) is 3. The van der Waals surface area contributed by atoms with Crippen molar-refractivity contribution in [3.63, 3.8) is 0 Å². The molecule has 2 amide bonds. The van der Waals surface area contributed by atoms with Gasteiger partial charge in [0, 0.05) is 19.3 Å². The van der Waals surface area contributed by atoms with Crippen LogP contribution in [-0.4, -0.2) is 51.0 Å². The number of benzene rings is 2. The number of nitrogens with one attached hydrogen (secondary N) is 2. The van der Waals surface area contributed by atoms with Crippen molar-refractivity contribution in [1.29, 1.82) is 0 Å². The molecule has 0 aromatic heterocycles. The van der Waals surface area contributed by atoms with Crippen LogP contribution in [0.3, 0.4) is 0 Å². The lowest BCUT2D eigenvalue weighted by molar-refractivity contribution is -0.862. The first-order valence-corrected chi connectivity index (χ1v) is 9.34. The van der Waals surface area contributed by atoms with Crippen molar-refractivity contribution in [1.82, 2.24) is 4.90 Å². The summed E-state index contributed by atoms with van der Waals surface area (Å²) in [6, 6.07) is 13.5. The molecule has 28 heavy (non-hydrogen) atoms. The van der Waals surface area contributed by atoms with Crippen molar-refractivity contribution in [2.45, 2.75) is 20.4 Å². The zero-order valence-corrected chi connectivity index (χ0v) is 17.3. The summed E-state index contributed by atoms with van der Waals surface area (Å²) < 4.78 is 5.22. The van der Waals surface area contributed by atoms with E-state index >= 15 is 0 Å². The third kappa shape index (κ3) is 6.09. The molecular weight excluding hydrogens is 354 g/mol. The van der Waals surface area contributed by atoms with Gasteiger partial charge in [0.1, 0.15) is 5.75 Å². The van der Waals surface area contributed by atoms with Crippen LogP contribution in [0.15, 0.2) is 42.5 Å². The molecule has 2 N–H and O–H groups in total. The Labute approximate surface area is 167 Å². The van der Waals surface area contributed by atoms with Gasteiger partial charge in [-0.25, -0.2) is 0 Å². The van der Waals surface area contributed by atoms with E-state index in [4.69, 9.17) is 4.74 Å². The van der Waals surface area contributed by atoms with Gasteiger partial charge in [-0.3, -0.25) is 9.59 Å². The molecule has 2 aromatic rings. The van der Waals surface area contributed by atoms with E-state index in [0.29, 0.717) is 6.54 Å². The van der Waals surface area contributed by atoms with Gasteiger partial charge in [-0.1, -0.05) is 24.3 Å². The Morgan fingerprint density at radius 2 is 1.82 bits per heavy atom. The van der Waals surface area contributed by atoms with E-state index in [9.17, 15) is 9.59 Å². The summed E-state index contributed by atoms with van der Waals surface area (Å²) in [4.78, 5) is 27.3. The average molecular weight is 385 g/mol. The molecule has 150 valence electrons. The van der Waals surface area contributed by atoms with Crippen LogP contribution in [-0.2, 0) is 16.1 Å². The number of aryl methyl sites for hydroxylation is 1. The number of ether oxygens (including phenoxy) is 1. The first kappa shape index (κ1) is 21.4. The number of amides is 2. The Morgan fingerprint density at radius 3 is 2.54 bits per heavy atom. The van der Waals surface area contributed by atoms with Crippen molar-refractivity contribution >= 4 is 17.5 Å². The zero-order valence-electron chi connectivity index (χ0n) is 17.3. The van der Waals surface area contributed by atoms with Gasteiger partial charge in [0.25, 0.3) is 11.8 Å². The summed E-state index contributed by atoms with van der Waals surface area (Å²) in [6.07, 6.45) is 0. The molecule has 0 heterocycles. The van der Waals surface area contributed by atoms with Crippen molar-refractivity contribution in [2.24, 2.45) is 0 Å². The molecule has 6 heteroatoms. The molecule has 0 spiro atoms. The predicted molar refractivity (Wildman–Crippen MR) is 111 cm³/mol. The summed E-state index contributed by atoms with van der Waals surface area (Å²) in [5.74, 6) is 0.651. The minimum atomic E-state index is -0.102. The van der Waals surface area contributed by atoms with Crippen molar-refractivity contribution in [3.05, 3.63) is 59.2 Å². The number of carbonyl (C=O) groups is 2. The molecule has 0 saturated heterocycles. The van der Waals surface area contributed by atoms with Crippen LogP contribution in [0.5, 0.6) is 5.75 Å². The van der Waals surface area contributed by atoms with Gasteiger partial charge >= 0.3 is 0 Å². The topological polar surface area (TPSA) is 63.1 Å². The van der Waals surface area contributed by atoms with Gasteiger partial charge in [0.05, 0.1) is 14.2 Å². The standard InChI is InChI=1S/C22H29N3O3/c1-16-8-6-11-20(17(16)2)23-21(26)14-24(3)15-22(27)25(4)13-18-9-7-10-19(12-18)28-5/h6-12H,13-15H2,1-5H3,(H,23,26)/p+1. The number of anilines is 1. The quantitative estimate of drug-likeness (QED) is 0.724. The molecule has 2 rings (SSSR count). The number of likely N-dealkylation sites (N-methyl/N-ethyl adjacent to an activating group) is 2. The lowest BCUT2D eigenvalue weighted by Crippen LogP contribution is -3.11. The van der Waals surface area contributed by atoms with Gasteiger partial charge in [-0.2, -0.15) is 0 Å². The minimum absolute atomic E-state index is 0.0140. The molecule has 1 atom stereocenters. The summed E-state index contributed by atoms with van der Waals surface area (Å²) in [6.45, 7) is 4.97. The van der Waals surface area contributed by atoms with E-state index in [2.05, 4.69) is 5.32 Å². The molecule has 0 aliphatic heterocycles. The number of rotatable bonds is 8. The zero-order chi connectivity index (χ0) is 20.7. The van der Waals surface area contributed by atoms with Crippen molar-refractivity contribution in [3.8, 4) is 5.75 Å². The molecule has 0 aliphatic rings. The van der Waals surface area contributed by atoms with Crippen LogP contribution in [0.1, 0.15) is 16.7 Å². The second kappa shape index (κ2) is 9.90. The van der Waals surface area contributed by atoms with Crippen molar-refractivity contribution in [2.75, 3.05) is 39.6 Å². The molecule has 2 aromatic carbocycles. The molecular formula is C22H30N3O3+. The summed E-state index contributed by atoms with van der Waals surface area (Å²) >= 11 is 0. The molecule has 0 saturated carbocycles. The van der Waals surface area contributed by atoms with Gasteiger partial charge in [0.15, 0.2) is 13.1 Å². The second-order valence-electron chi connectivity index (χ2n) is 7.21. The normalized spacial score (nSPS) is 11.6. The monoisotopic (exact) mass is 384 g/mol. The number of carbonyl (C=O) groups excluding carboxylic acids is 2. The molecule has 0 fully saturated rings. The first-order valence-electron chi connectivity index (χ1n) is 9.34. The van der Waals surface area contributed by atoms with Crippen LogP contribution in [0.2, 0.25) is 0 Å². The second-order valence-corrected chi connectivity index (χ2v) is 7.21. The van der Waals surface area contributed by atoms with Gasteiger partial charge < -0.3 is 19.9 Å². The van der Waals surface area contributed by atoms with Crippen LogP contribution < -0.4 is 15.0 Å². The van der Waals surface area contributed by atoms with Gasteiger partial charge in [0.2, 0.25) is 0 Å². The Kier molecular flexibility index (Phi) is 7.58. The van der Waals surface area contributed by atoms with E-state index in [1.165, 1.54) is 0 Å². The number of hydrogen-bond donors (Lipinski definition) is 2. The highest BCUT2D eigenvalue weighted by Crippen LogP contribution is 2.17. The SMILES string of the molecule is COc1cccc(CN(C)C(=O)C[NH+](C)CC(=O)Nc2cccc(C)c2C)c1. The lowest BCUT2D eigenvalue weighted by atomic mass is 10.1. The Morgan fingerprint density at radius 1 is 1.11 bits per heavy atom. The molecule has 6 nitrogen and oxygen atoms in total. The largest absolute Gasteiger partial charge is 0.497 e. The van der Waals surface area contributed by atoms with Gasteiger partial charge in [-0.05, 0) is 48.7 Å². The maximum atomic E-state index is 12.5. The van der Waals surface area contributed by atoms with E-state index in [0.717, 1.165) is 33.0 Å². The number of methoxy groups -OCH3 is 1. The molecule has 0 bridgehead atoms. The van der Waals surface area contributed by atoms with Crippen LogP contribution >= 0.6 is 0 Å². The lowest BCUT2D eigenvalue weighted by Gasteiger charge is -2.20. The van der Waals surface area contributed by atoms with E-state index in [1.807, 2.05) is 63.4 Å². The molecule has 0 radical (unpaired) electrons. The molecule has 1 unspecified atom stereocenters. The minimum Gasteiger partial charge on any atom is -0.497 e. The van der Waals surface area contributed by atoms with Crippen LogP contribution in [0, 0.1) is 13.8 Å². The average Bonchev–Trinajstić information content (AvgIpc) is 2.65. The Hall–Kier alpha value is -2.86. The fourth-order valence-corrected chi connectivity index (χ4v) is 2.94. The number of quaternary nitrogens is 1. The fraction of sp³-hybridized carbons (Fsp3) is 0.364. The third-order valence-corrected chi connectivity index (χ3v) is 4.77. The summed E-state index contributed by atoms with van der Waals surface area (Å²) in [7, 11) is 5.24. The Balaban J connectivity index is 1.85. The van der Waals surface area contributed by atoms with Gasteiger partial charge in [-0.15, -0.1) is 0 Å². The Bertz CT molecular complexity index is 836.